The first-order chi connectivity index (χ1) is 12.5. The Balaban J connectivity index is 1.57. The maximum atomic E-state index is 12.3. The molecule has 134 valence electrons. The van der Waals surface area contributed by atoms with Crippen molar-refractivity contribution >= 4 is 52.1 Å². The molecule has 2 amide bonds. The van der Waals surface area contributed by atoms with Gasteiger partial charge in [-0.15, -0.1) is 0 Å². The van der Waals surface area contributed by atoms with Gasteiger partial charge in [0.1, 0.15) is 0 Å². The minimum absolute atomic E-state index is 0.0778. The lowest BCUT2D eigenvalue weighted by Gasteiger charge is -2.17. The summed E-state index contributed by atoms with van der Waals surface area (Å²) in [6, 6.07) is 13.9. The molecule has 0 aliphatic carbocycles. The molecule has 1 saturated heterocycles. The van der Waals surface area contributed by atoms with E-state index >= 15 is 0 Å². The van der Waals surface area contributed by atoms with Crippen LogP contribution in [-0.2, 0) is 4.79 Å². The number of hydrogen-bond donors (Lipinski definition) is 3. The van der Waals surface area contributed by atoms with Gasteiger partial charge in [-0.1, -0.05) is 17.7 Å². The van der Waals surface area contributed by atoms with Crippen molar-refractivity contribution in [3.63, 3.8) is 0 Å². The van der Waals surface area contributed by atoms with Crippen molar-refractivity contribution in [3.05, 3.63) is 59.1 Å². The van der Waals surface area contributed by atoms with Gasteiger partial charge in [0.25, 0.3) is 5.91 Å². The molecule has 0 atom stereocenters. The molecule has 8 heteroatoms. The topological polar surface area (TPSA) is 73.5 Å². The molecule has 1 heterocycles. The molecule has 3 rings (SSSR count). The summed E-state index contributed by atoms with van der Waals surface area (Å²) in [5.41, 5.74) is 7.09. The van der Waals surface area contributed by atoms with E-state index in [1.165, 1.54) is 0 Å². The van der Waals surface area contributed by atoms with Crippen LogP contribution >= 0.6 is 23.8 Å². The zero-order valence-corrected chi connectivity index (χ0v) is 15.4. The van der Waals surface area contributed by atoms with E-state index in [1.807, 2.05) is 6.07 Å². The summed E-state index contributed by atoms with van der Waals surface area (Å²) < 4.78 is 0. The molecule has 0 aromatic heterocycles. The summed E-state index contributed by atoms with van der Waals surface area (Å²) in [7, 11) is 0. The Kier molecular flexibility index (Phi) is 5.70. The quantitative estimate of drug-likeness (QED) is 0.556. The number of carbonyl (C=O) groups is 2. The summed E-state index contributed by atoms with van der Waals surface area (Å²) in [6.07, 6.45) is 1.38. The summed E-state index contributed by atoms with van der Waals surface area (Å²) in [5, 5.41) is 3.80. The first-order valence-electron chi connectivity index (χ1n) is 8.06. The third kappa shape index (κ3) is 4.50. The van der Waals surface area contributed by atoms with E-state index in [9.17, 15) is 9.59 Å². The largest absolute Gasteiger partial charge is 0.331 e. The van der Waals surface area contributed by atoms with Gasteiger partial charge in [0.15, 0.2) is 5.11 Å². The average molecular weight is 389 g/mol. The van der Waals surface area contributed by atoms with E-state index in [4.69, 9.17) is 23.8 Å². The Morgan fingerprint density at radius 1 is 1.12 bits per heavy atom. The fraction of sp³-hybridized carbons (Fsp3) is 0.167. The number of hydrogen-bond acceptors (Lipinski definition) is 3. The summed E-state index contributed by atoms with van der Waals surface area (Å²) in [5.74, 6) is -0.271. The standard InChI is InChI=1S/C18H17ClN4O2S/c19-13-6-8-14(9-7-13)20-18(26)22-21-17(25)12-3-1-4-15(11-12)23-10-2-5-16(23)24/h1,3-4,6-9,11H,2,5,10H2,(H,21,25)(H2,20,22,26). The van der Waals surface area contributed by atoms with Crippen molar-refractivity contribution in [2.24, 2.45) is 0 Å². The Morgan fingerprint density at radius 2 is 1.88 bits per heavy atom. The van der Waals surface area contributed by atoms with E-state index in [2.05, 4.69) is 16.2 Å². The molecule has 1 aliphatic rings. The van der Waals surface area contributed by atoms with Gasteiger partial charge < -0.3 is 10.2 Å². The van der Waals surface area contributed by atoms with E-state index in [0.29, 0.717) is 23.6 Å². The highest BCUT2D eigenvalue weighted by molar-refractivity contribution is 7.80. The van der Waals surface area contributed by atoms with Crippen LogP contribution in [0.2, 0.25) is 5.02 Å². The molecule has 3 N–H and O–H groups in total. The Labute approximate surface area is 161 Å². The Bertz CT molecular complexity index is 841. The van der Waals surface area contributed by atoms with E-state index < -0.39 is 0 Å². The number of benzene rings is 2. The Hall–Kier alpha value is -2.64. The van der Waals surface area contributed by atoms with Crippen molar-refractivity contribution in [2.75, 3.05) is 16.8 Å². The zero-order chi connectivity index (χ0) is 18.5. The molecule has 6 nitrogen and oxygen atoms in total. The highest BCUT2D eigenvalue weighted by Crippen LogP contribution is 2.22. The fourth-order valence-electron chi connectivity index (χ4n) is 2.62. The van der Waals surface area contributed by atoms with Gasteiger partial charge in [-0.3, -0.25) is 20.4 Å². The minimum Gasteiger partial charge on any atom is -0.331 e. The molecule has 26 heavy (non-hydrogen) atoms. The van der Waals surface area contributed by atoms with Crippen molar-refractivity contribution in [3.8, 4) is 0 Å². The summed E-state index contributed by atoms with van der Waals surface area (Å²) >= 11 is 11.0. The van der Waals surface area contributed by atoms with Crippen LogP contribution in [0.4, 0.5) is 11.4 Å². The van der Waals surface area contributed by atoms with Crippen LogP contribution in [0.5, 0.6) is 0 Å². The lowest BCUT2D eigenvalue weighted by molar-refractivity contribution is -0.117. The smallest absolute Gasteiger partial charge is 0.269 e. The minimum atomic E-state index is -0.348. The number of halogens is 1. The number of nitrogens with one attached hydrogen (secondary N) is 3. The molecule has 2 aromatic carbocycles. The molecule has 1 aliphatic heterocycles. The molecular weight excluding hydrogens is 372 g/mol. The van der Waals surface area contributed by atoms with Crippen LogP contribution in [0.15, 0.2) is 48.5 Å². The van der Waals surface area contributed by atoms with Crippen molar-refractivity contribution in [2.45, 2.75) is 12.8 Å². The van der Waals surface area contributed by atoms with Gasteiger partial charge >= 0.3 is 0 Å². The predicted octanol–water partition coefficient (Wildman–Crippen LogP) is 3.10. The van der Waals surface area contributed by atoms with Crippen LogP contribution in [0.25, 0.3) is 0 Å². The normalized spacial score (nSPS) is 13.4. The van der Waals surface area contributed by atoms with Gasteiger partial charge in [0, 0.05) is 34.9 Å². The van der Waals surface area contributed by atoms with Crippen molar-refractivity contribution in [1.82, 2.24) is 10.9 Å². The molecule has 0 unspecified atom stereocenters. The first kappa shape index (κ1) is 18.2. The lowest BCUT2D eigenvalue weighted by Crippen LogP contribution is -2.43. The zero-order valence-electron chi connectivity index (χ0n) is 13.8. The first-order valence-corrected chi connectivity index (χ1v) is 8.85. The number of rotatable bonds is 3. The lowest BCUT2D eigenvalue weighted by atomic mass is 10.2. The molecular formula is C18H17ClN4O2S. The Morgan fingerprint density at radius 3 is 2.58 bits per heavy atom. The van der Waals surface area contributed by atoms with E-state index in [0.717, 1.165) is 17.8 Å². The van der Waals surface area contributed by atoms with Crippen LogP contribution in [0.1, 0.15) is 23.2 Å². The third-order valence-electron chi connectivity index (χ3n) is 3.89. The molecule has 0 spiro atoms. The van der Waals surface area contributed by atoms with Crippen molar-refractivity contribution < 1.29 is 9.59 Å². The summed E-state index contributed by atoms with van der Waals surface area (Å²) in [4.78, 5) is 25.8. The van der Waals surface area contributed by atoms with Crippen LogP contribution in [-0.4, -0.2) is 23.5 Å². The highest BCUT2D eigenvalue weighted by atomic mass is 35.5. The second kappa shape index (κ2) is 8.16. The number of thiocarbonyl (C=S) groups is 1. The van der Waals surface area contributed by atoms with Gasteiger partial charge in [0.05, 0.1) is 0 Å². The second-order valence-electron chi connectivity index (χ2n) is 5.74. The van der Waals surface area contributed by atoms with E-state index in [-0.39, 0.29) is 16.9 Å². The van der Waals surface area contributed by atoms with Crippen LogP contribution < -0.4 is 21.1 Å². The van der Waals surface area contributed by atoms with Crippen LogP contribution in [0, 0.1) is 0 Å². The van der Waals surface area contributed by atoms with Crippen molar-refractivity contribution in [1.29, 1.82) is 0 Å². The van der Waals surface area contributed by atoms with Gasteiger partial charge in [-0.2, -0.15) is 0 Å². The average Bonchev–Trinajstić information content (AvgIpc) is 3.08. The number of carbonyl (C=O) groups excluding carboxylic acids is 2. The van der Waals surface area contributed by atoms with Gasteiger partial charge in [0.2, 0.25) is 5.91 Å². The second-order valence-corrected chi connectivity index (χ2v) is 6.58. The number of nitrogens with zero attached hydrogens (tertiary/aromatic N) is 1. The van der Waals surface area contributed by atoms with Gasteiger partial charge in [-0.25, -0.2) is 0 Å². The summed E-state index contributed by atoms with van der Waals surface area (Å²) in [6.45, 7) is 0.678. The maximum absolute atomic E-state index is 12.3. The number of hydrazine groups is 1. The highest BCUT2D eigenvalue weighted by Gasteiger charge is 2.22. The SMILES string of the molecule is O=C(NNC(=S)Nc1ccc(Cl)cc1)c1cccc(N2CCCC2=O)c1. The molecule has 2 aromatic rings. The molecule has 0 radical (unpaired) electrons. The predicted molar refractivity (Wildman–Crippen MR) is 106 cm³/mol. The number of anilines is 2. The van der Waals surface area contributed by atoms with E-state index in [1.54, 1.807) is 47.4 Å². The molecule has 1 fully saturated rings. The fourth-order valence-corrected chi connectivity index (χ4v) is 2.91. The van der Waals surface area contributed by atoms with Crippen LogP contribution in [0.3, 0.4) is 0 Å². The van der Waals surface area contributed by atoms with Gasteiger partial charge in [-0.05, 0) is 61.1 Å². The number of amides is 2. The molecule has 0 bridgehead atoms. The molecule has 0 saturated carbocycles. The monoisotopic (exact) mass is 388 g/mol. The maximum Gasteiger partial charge on any atom is 0.269 e. The third-order valence-corrected chi connectivity index (χ3v) is 4.34.